The molecule has 3 rings (SSSR count). The number of anilines is 1. The molecule has 2 aromatic rings. The molecule has 0 aromatic carbocycles. The van der Waals surface area contributed by atoms with Crippen molar-refractivity contribution in [2.45, 2.75) is 26.7 Å². The van der Waals surface area contributed by atoms with Crippen molar-refractivity contribution in [3.05, 3.63) is 28.0 Å². The zero-order valence-electron chi connectivity index (χ0n) is 14.7. The van der Waals surface area contributed by atoms with Crippen molar-refractivity contribution in [2.75, 3.05) is 18.9 Å². The molecule has 0 unspecified atom stereocenters. The van der Waals surface area contributed by atoms with Gasteiger partial charge in [0, 0.05) is 30.2 Å². The molecule has 0 atom stereocenters. The zero-order chi connectivity index (χ0) is 18.4. The maximum Gasteiger partial charge on any atom is 0.182 e. The lowest BCUT2D eigenvalue weighted by Crippen LogP contribution is -2.28. The number of allylic oxidation sites excluding steroid dienone is 1. The van der Waals surface area contributed by atoms with E-state index >= 15 is 0 Å². The number of nitrogens with zero attached hydrogens (tertiary/aromatic N) is 3. The Morgan fingerprint density at radius 1 is 1.44 bits per heavy atom. The zero-order valence-corrected chi connectivity index (χ0v) is 16.3. The summed E-state index contributed by atoms with van der Waals surface area (Å²) in [6, 6.07) is 0. The van der Waals surface area contributed by atoms with Crippen LogP contribution in [0, 0.1) is 19.8 Å². The Bertz CT molecular complexity index is 735. The molecule has 0 radical (unpaired) electrons. The maximum atomic E-state index is 9.99. The number of aromatic nitrogens is 2. The van der Waals surface area contributed by atoms with Gasteiger partial charge in [-0.25, -0.2) is 15.8 Å². The fourth-order valence-corrected chi connectivity index (χ4v) is 3.73. The number of nitrogens with two attached hydrogens (primary N) is 2. The molecule has 9 heteroatoms. The Balaban J connectivity index is 0.000000186. The molecular weight excluding hydrogens is 356 g/mol. The quantitative estimate of drug-likeness (QED) is 0.401. The largest absolute Gasteiger partial charge is 0.401 e. The van der Waals surface area contributed by atoms with Crippen LogP contribution in [0.25, 0.3) is 10.6 Å². The van der Waals surface area contributed by atoms with Gasteiger partial charge >= 0.3 is 0 Å². The highest BCUT2D eigenvalue weighted by Crippen LogP contribution is 2.33. The second kappa shape index (κ2) is 8.93. The Hall–Kier alpha value is -1.97. The summed E-state index contributed by atoms with van der Waals surface area (Å²) in [6.45, 7) is 4.25. The van der Waals surface area contributed by atoms with Crippen LogP contribution in [0.5, 0.6) is 0 Å². The number of hydrogen-bond donors (Lipinski definition) is 3. The highest BCUT2D eigenvalue weighted by molar-refractivity contribution is 7.16. The summed E-state index contributed by atoms with van der Waals surface area (Å²) in [7, 11) is 1.88. The summed E-state index contributed by atoms with van der Waals surface area (Å²) < 4.78 is 0. The van der Waals surface area contributed by atoms with E-state index in [0.717, 1.165) is 46.4 Å². The molecule has 0 saturated heterocycles. The van der Waals surface area contributed by atoms with E-state index in [-0.39, 0.29) is 6.54 Å². The number of nitrogens with one attached hydrogen (secondary N) is 1. The van der Waals surface area contributed by atoms with Crippen LogP contribution < -0.4 is 16.9 Å². The van der Waals surface area contributed by atoms with Crippen molar-refractivity contribution in [3.8, 4) is 10.6 Å². The number of aldehydes is 1. The molecule has 0 bridgehead atoms. The predicted octanol–water partition coefficient (Wildman–Crippen LogP) is 2.50. The first-order valence-corrected chi connectivity index (χ1v) is 9.64. The summed E-state index contributed by atoms with van der Waals surface area (Å²) in [5, 5.41) is 8.45. The Labute approximate surface area is 155 Å². The van der Waals surface area contributed by atoms with Crippen molar-refractivity contribution in [3.63, 3.8) is 0 Å². The number of aryl methyl sites for hydroxylation is 2. The topological polar surface area (TPSA) is 110 Å². The van der Waals surface area contributed by atoms with Gasteiger partial charge in [-0.05, 0) is 26.7 Å². The first-order chi connectivity index (χ1) is 11.9. The van der Waals surface area contributed by atoms with Crippen LogP contribution in [0.1, 0.15) is 23.5 Å². The molecule has 1 saturated carbocycles. The highest BCUT2D eigenvalue weighted by atomic mass is 32.1. The second-order valence-corrected chi connectivity index (χ2v) is 7.76. The molecule has 0 amide bonds. The average molecular weight is 381 g/mol. The van der Waals surface area contributed by atoms with Crippen LogP contribution in [0.2, 0.25) is 0 Å². The van der Waals surface area contributed by atoms with Crippen LogP contribution in [-0.4, -0.2) is 34.9 Å². The van der Waals surface area contributed by atoms with E-state index in [4.69, 9.17) is 11.6 Å². The van der Waals surface area contributed by atoms with E-state index in [9.17, 15) is 4.79 Å². The van der Waals surface area contributed by atoms with Gasteiger partial charge in [-0.3, -0.25) is 0 Å². The van der Waals surface area contributed by atoms with Crippen molar-refractivity contribution in [2.24, 2.45) is 17.5 Å². The minimum absolute atomic E-state index is 0.202. The van der Waals surface area contributed by atoms with E-state index < -0.39 is 0 Å². The van der Waals surface area contributed by atoms with Crippen molar-refractivity contribution in [1.29, 1.82) is 0 Å². The smallest absolute Gasteiger partial charge is 0.182 e. The fourth-order valence-electron chi connectivity index (χ4n) is 2.11. The van der Waals surface area contributed by atoms with E-state index in [1.165, 1.54) is 9.89 Å². The molecule has 2 heterocycles. The Morgan fingerprint density at radius 2 is 2.16 bits per heavy atom. The number of hydrazine groups is 1. The first-order valence-electron chi connectivity index (χ1n) is 7.94. The molecule has 25 heavy (non-hydrogen) atoms. The van der Waals surface area contributed by atoms with Gasteiger partial charge < -0.3 is 20.9 Å². The van der Waals surface area contributed by atoms with E-state index in [1.54, 1.807) is 28.9 Å². The minimum Gasteiger partial charge on any atom is -0.401 e. The summed E-state index contributed by atoms with van der Waals surface area (Å²) in [4.78, 5) is 20.0. The summed E-state index contributed by atoms with van der Waals surface area (Å²) in [5.41, 5.74) is 8.52. The molecule has 5 N–H and O–H groups in total. The van der Waals surface area contributed by atoms with Crippen LogP contribution in [-0.2, 0) is 4.79 Å². The third kappa shape index (κ3) is 5.80. The molecule has 1 aliphatic rings. The SMILES string of the molecule is CNc1nc(-c2sc(C)nc2C)cs1.N/C(=C\N(N)CC=O)C1CC1. The number of hydrogen-bond acceptors (Lipinski definition) is 9. The van der Waals surface area contributed by atoms with Gasteiger partial charge in [0.1, 0.15) is 6.29 Å². The number of rotatable bonds is 6. The van der Waals surface area contributed by atoms with E-state index in [2.05, 4.69) is 20.7 Å². The van der Waals surface area contributed by atoms with Gasteiger partial charge in [0.05, 0.1) is 27.8 Å². The van der Waals surface area contributed by atoms with Gasteiger partial charge in [-0.15, -0.1) is 22.7 Å². The maximum absolute atomic E-state index is 9.99. The first kappa shape index (κ1) is 19.4. The van der Waals surface area contributed by atoms with Gasteiger partial charge in [0.15, 0.2) is 5.13 Å². The lowest BCUT2D eigenvalue weighted by atomic mass is 10.3. The number of thiazole rings is 2. The van der Waals surface area contributed by atoms with Crippen LogP contribution in [0.3, 0.4) is 0 Å². The molecule has 0 spiro atoms. The predicted molar refractivity (Wildman–Crippen MR) is 104 cm³/mol. The monoisotopic (exact) mass is 380 g/mol. The fraction of sp³-hybridized carbons (Fsp3) is 0.438. The normalized spacial score (nSPS) is 13.8. The molecule has 1 fully saturated rings. The van der Waals surface area contributed by atoms with Gasteiger partial charge in [0.25, 0.3) is 0 Å². The van der Waals surface area contributed by atoms with E-state index in [0.29, 0.717) is 5.92 Å². The Kier molecular flexibility index (Phi) is 6.91. The van der Waals surface area contributed by atoms with Crippen LogP contribution in [0.15, 0.2) is 17.3 Å². The number of carbonyl (C=O) groups is 1. The van der Waals surface area contributed by atoms with Crippen molar-refractivity contribution >= 4 is 34.1 Å². The van der Waals surface area contributed by atoms with Gasteiger partial charge in [0.2, 0.25) is 0 Å². The third-order valence-electron chi connectivity index (χ3n) is 3.50. The molecule has 136 valence electrons. The lowest BCUT2D eigenvalue weighted by Gasteiger charge is -2.10. The summed E-state index contributed by atoms with van der Waals surface area (Å²) >= 11 is 3.32. The molecular formula is C16H24N6OS2. The second-order valence-electron chi connectivity index (χ2n) is 5.70. The Morgan fingerprint density at radius 3 is 2.64 bits per heavy atom. The minimum atomic E-state index is 0.202. The van der Waals surface area contributed by atoms with Crippen LogP contribution >= 0.6 is 22.7 Å². The standard InChI is InChI=1S/C9H11N3S2.C7H13N3O/c1-5-8(14-6(2)11-5)7-4-13-9(10-3)12-7;8-7(6-1-2-6)5-10(9)3-4-11/h4H,1-3H3,(H,10,12);4-6H,1-3,8-9H2/b;7-5-. The van der Waals surface area contributed by atoms with Crippen LogP contribution in [0.4, 0.5) is 5.13 Å². The van der Waals surface area contributed by atoms with Gasteiger partial charge in [-0.2, -0.15) is 0 Å². The third-order valence-corrected chi connectivity index (χ3v) is 5.46. The molecule has 0 aliphatic heterocycles. The van der Waals surface area contributed by atoms with Crippen molar-refractivity contribution < 1.29 is 4.79 Å². The average Bonchev–Trinajstić information content (AvgIpc) is 3.22. The number of carbonyl (C=O) groups excluding carboxylic acids is 1. The van der Waals surface area contributed by atoms with Crippen molar-refractivity contribution in [1.82, 2.24) is 15.0 Å². The molecule has 2 aromatic heterocycles. The molecule has 7 nitrogen and oxygen atoms in total. The van der Waals surface area contributed by atoms with Gasteiger partial charge in [-0.1, -0.05) is 0 Å². The molecule has 1 aliphatic carbocycles. The summed E-state index contributed by atoms with van der Waals surface area (Å²) in [6.07, 6.45) is 4.68. The van der Waals surface area contributed by atoms with E-state index in [1.807, 2.05) is 20.9 Å². The summed E-state index contributed by atoms with van der Waals surface area (Å²) in [5.74, 6) is 5.90. The lowest BCUT2D eigenvalue weighted by molar-refractivity contribution is -0.108. The highest BCUT2D eigenvalue weighted by Gasteiger charge is 2.24.